The van der Waals surface area contributed by atoms with Crippen LogP contribution in [-0.2, 0) is 0 Å². The average molecular weight is 318 g/mol. The predicted octanol–water partition coefficient (Wildman–Crippen LogP) is 3.91. The van der Waals surface area contributed by atoms with Gasteiger partial charge < -0.3 is 15.7 Å². The highest BCUT2D eigenvalue weighted by Gasteiger charge is 2.15. The molecule has 0 spiro atoms. The molecular weight excluding hydrogens is 300 g/mol. The molecule has 3 N–H and O–H groups in total. The van der Waals surface area contributed by atoms with E-state index in [4.69, 9.17) is 18.0 Å². The predicted molar refractivity (Wildman–Crippen MR) is 94.9 cm³/mol. The maximum atomic E-state index is 9.40. The van der Waals surface area contributed by atoms with Crippen molar-refractivity contribution in [2.24, 2.45) is 5.73 Å². The van der Waals surface area contributed by atoms with Crippen molar-refractivity contribution in [2.75, 3.05) is 17.7 Å². The molecule has 2 aromatic carbocycles. The maximum Gasteiger partial charge on any atom is 0.115 e. The van der Waals surface area contributed by atoms with Crippen molar-refractivity contribution in [1.82, 2.24) is 0 Å². The molecule has 0 amide bonds. The number of nitrogens with two attached hydrogens (primary N) is 1. The van der Waals surface area contributed by atoms with Crippen molar-refractivity contribution in [1.29, 1.82) is 0 Å². The first-order valence-electron chi connectivity index (χ1n) is 6.63. The van der Waals surface area contributed by atoms with E-state index < -0.39 is 0 Å². The second kappa shape index (κ2) is 6.83. The van der Waals surface area contributed by atoms with Crippen molar-refractivity contribution in [3.05, 3.63) is 48.0 Å². The van der Waals surface area contributed by atoms with Gasteiger partial charge in [0.05, 0.1) is 5.69 Å². The Balaban J connectivity index is 2.49. The van der Waals surface area contributed by atoms with E-state index in [0.29, 0.717) is 4.99 Å². The van der Waals surface area contributed by atoms with Gasteiger partial charge in [0.2, 0.25) is 0 Å². The Morgan fingerprint density at radius 3 is 2.48 bits per heavy atom. The van der Waals surface area contributed by atoms with E-state index in [9.17, 15) is 5.11 Å². The second-order valence-corrected chi connectivity index (χ2v) is 6.27. The minimum Gasteiger partial charge on any atom is -0.508 e. The van der Waals surface area contributed by atoms with Crippen molar-refractivity contribution < 1.29 is 5.11 Å². The van der Waals surface area contributed by atoms with Crippen molar-refractivity contribution in [3.8, 4) is 5.75 Å². The van der Waals surface area contributed by atoms with Crippen LogP contribution < -0.4 is 10.6 Å². The van der Waals surface area contributed by atoms with E-state index >= 15 is 0 Å². The quantitative estimate of drug-likeness (QED) is 0.647. The average Bonchev–Trinajstić information content (AvgIpc) is 2.47. The fourth-order valence-electron chi connectivity index (χ4n) is 2.14. The van der Waals surface area contributed by atoms with Crippen LogP contribution in [0.25, 0.3) is 0 Å². The lowest BCUT2D eigenvalue weighted by Crippen LogP contribution is -2.18. The van der Waals surface area contributed by atoms with Crippen LogP contribution in [0.15, 0.2) is 47.4 Å². The van der Waals surface area contributed by atoms with Crippen LogP contribution in [0.1, 0.15) is 12.5 Å². The normalized spacial score (nSPS) is 10.4. The summed E-state index contributed by atoms with van der Waals surface area (Å²) in [4.78, 5) is 3.51. The molecule has 21 heavy (non-hydrogen) atoms. The minimum atomic E-state index is 0.247. The fraction of sp³-hybridized carbons (Fsp3) is 0.188. The Labute approximate surface area is 134 Å². The van der Waals surface area contributed by atoms with E-state index in [1.807, 2.05) is 42.3 Å². The number of benzene rings is 2. The van der Waals surface area contributed by atoms with Crippen molar-refractivity contribution in [2.45, 2.75) is 11.8 Å². The molecule has 0 unspecified atom stereocenters. The molecule has 0 aliphatic carbocycles. The topological polar surface area (TPSA) is 49.5 Å². The Morgan fingerprint density at radius 2 is 1.90 bits per heavy atom. The fourth-order valence-corrected chi connectivity index (χ4v) is 3.26. The zero-order valence-corrected chi connectivity index (χ0v) is 13.7. The van der Waals surface area contributed by atoms with Gasteiger partial charge >= 0.3 is 0 Å². The van der Waals surface area contributed by atoms with Crippen LogP contribution >= 0.6 is 24.0 Å². The van der Waals surface area contributed by atoms with Crippen LogP contribution in [0.5, 0.6) is 5.75 Å². The number of thiocarbonyl (C=S) groups is 1. The summed E-state index contributed by atoms with van der Waals surface area (Å²) < 4.78 is 0. The summed E-state index contributed by atoms with van der Waals surface area (Å²) in [5, 5.41) is 9.40. The third-order valence-corrected chi connectivity index (χ3v) is 4.29. The summed E-state index contributed by atoms with van der Waals surface area (Å²) >= 11 is 6.96. The smallest absolute Gasteiger partial charge is 0.115 e. The van der Waals surface area contributed by atoms with E-state index in [2.05, 4.69) is 6.92 Å². The number of rotatable bonds is 5. The van der Waals surface area contributed by atoms with Crippen LogP contribution in [-0.4, -0.2) is 22.9 Å². The molecule has 3 nitrogen and oxygen atoms in total. The Hall–Kier alpha value is -1.72. The van der Waals surface area contributed by atoms with Crippen LogP contribution in [0.4, 0.5) is 11.4 Å². The molecule has 0 bridgehead atoms. The molecule has 0 radical (unpaired) electrons. The lowest BCUT2D eigenvalue weighted by Gasteiger charge is -2.24. The van der Waals surface area contributed by atoms with Gasteiger partial charge in [0, 0.05) is 23.2 Å². The van der Waals surface area contributed by atoms with Gasteiger partial charge in [0.15, 0.2) is 0 Å². The Kier molecular flexibility index (Phi) is 5.09. The van der Waals surface area contributed by atoms with E-state index in [0.717, 1.165) is 27.6 Å². The highest BCUT2D eigenvalue weighted by Crippen LogP contribution is 2.34. The van der Waals surface area contributed by atoms with E-state index in [1.54, 1.807) is 23.9 Å². The molecule has 0 aromatic heterocycles. The molecule has 0 aliphatic rings. The molecule has 2 aromatic rings. The minimum absolute atomic E-state index is 0.247. The zero-order valence-electron chi connectivity index (χ0n) is 12.0. The molecular formula is C16H18N2OS2. The summed E-state index contributed by atoms with van der Waals surface area (Å²) in [6.07, 6.45) is 0. The molecule has 0 aliphatic heterocycles. The molecule has 5 heteroatoms. The van der Waals surface area contributed by atoms with Crippen LogP contribution in [0, 0.1) is 0 Å². The van der Waals surface area contributed by atoms with Crippen LogP contribution in [0.3, 0.4) is 0 Å². The van der Waals surface area contributed by atoms with Gasteiger partial charge in [-0.15, -0.1) is 11.8 Å². The number of hydrogen-bond donors (Lipinski definition) is 2. The summed E-state index contributed by atoms with van der Waals surface area (Å²) in [6.45, 7) is 2.10. The largest absolute Gasteiger partial charge is 0.508 e. The van der Waals surface area contributed by atoms with Gasteiger partial charge in [-0.1, -0.05) is 25.2 Å². The van der Waals surface area contributed by atoms with E-state index in [-0.39, 0.29) is 5.75 Å². The summed E-state index contributed by atoms with van der Waals surface area (Å²) in [7, 11) is 1.96. The van der Waals surface area contributed by atoms with Gasteiger partial charge in [-0.3, -0.25) is 0 Å². The summed E-state index contributed by atoms with van der Waals surface area (Å²) in [5.74, 6) is 1.21. The summed E-state index contributed by atoms with van der Waals surface area (Å²) in [6, 6.07) is 13.1. The second-order valence-electron chi connectivity index (χ2n) is 4.52. The van der Waals surface area contributed by atoms with Gasteiger partial charge in [-0.2, -0.15) is 0 Å². The third-order valence-electron chi connectivity index (χ3n) is 3.15. The molecule has 110 valence electrons. The standard InChI is InChI=1S/C16H18N2OS2/c1-3-21-14-6-4-5-13(15(14)16(17)20)18(2)11-7-9-12(19)10-8-11/h4-10,19H,3H2,1-2H3,(H2,17,20). The lowest BCUT2D eigenvalue weighted by molar-refractivity contribution is 0.475. The molecule has 0 saturated carbocycles. The van der Waals surface area contributed by atoms with Gasteiger partial charge in [-0.25, -0.2) is 0 Å². The first-order valence-corrected chi connectivity index (χ1v) is 8.02. The highest BCUT2D eigenvalue weighted by atomic mass is 32.2. The number of nitrogens with zero attached hydrogens (tertiary/aromatic N) is 1. The number of anilines is 2. The van der Waals surface area contributed by atoms with Crippen LogP contribution in [0.2, 0.25) is 0 Å². The third kappa shape index (κ3) is 3.49. The molecule has 2 rings (SSSR count). The summed E-state index contributed by atoms with van der Waals surface area (Å²) in [5.41, 5.74) is 8.76. The molecule has 0 fully saturated rings. The molecule has 0 atom stereocenters. The monoisotopic (exact) mass is 318 g/mol. The molecule has 0 saturated heterocycles. The van der Waals surface area contributed by atoms with Gasteiger partial charge in [0.25, 0.3) is 0 Å². The maximum absolute atomic E-state index is 9.40. The van der Waals surface area contributed by atoms with Crippen molar-refractivity contribution in [3.63, 3.8) is 0 Å². The van der Waals surface area contributed by atoms with Gasteiger partial charge in [-0.05, 0) is 42.2 Å². The van der Waals surface area contributed by atoms with Crippen molar-refractivity contribution >= 4 is 40.3 Å². The van der Waals surface area contributed by atoms with E-state index in [1.165, 1.54) is 0 Å². The lowest BCUT2D eigenvalue weighted by atomic mass is 10.1. The number of phenolic OH excluding ortho intramolecular Hbond substituents is 1. The number of hydrogen-bond acceptors (Lipinski definition) is 4. The Morgan fingerprint density at radius 1 is 1.24 bits per heavy atom. The first kappa shape index (κ1) is 15.7. The zero-order chi connectivity index (χ0) is 15.4. The molecule has 0 heterocycles. The first-order chi connectivity index (χ1) is 10.0. The number of thioether (sulfide) groups is 1. The SMILES string of the molecule is CCSc1cccc(N(C)c2ccc(O)cc2)c1C(N)=S. The Bertz CT molecular complexity index is 641. The number of aromatic hydroxyl groups is 1. The number of phenols is 1. The van der Waals surface area contributed by atoms with Gasteiger partial charge in [0.1, 0.15) is 10.7 Å². The highest BCUT2D eigenvalue weighted by molar-refractivity contribution is 7.99.